The minimum Gasteiger partial charge on any atom is -0.468 e. The number of likely N-dealkylation sites (N-methyl/N-ethyl adjacent to an activating group) is 2. The Morgan fingerprint density at radius 3 is 2.60 bits per heavy atom. The fourth-order valence-corrected chi connectivity index (χ4v) is 1.38. The average molecular weight is 211 g/mol. The van der Waals surface area contributed by atoms with Crippen molar-refractivity contribution in [3.05, 3.63) is 23.7 Å². The van der Waals surface area contributed by atoms with E-state index >= 15 is 0 Å². The third-order valence-corrected chi connectivity index (χ3v) is 2.40. The second kappa shape index (κ2) is 5.90. The van der Waals surface area contributed by atoms with Gasteiger partial charge in [0.05, 0.1) is 12.8 Å². The second-order valence-electron chi connectivity index (χ2n) is 4.11. The van der Waals surface area contributed by atoms with Crippen LogP contribution in [0, 0.1) is 0 Å². The van der Waals surface area contributed by atoms with Gasteiger partial charge < -0.3 is 15.1 Å². The van der Waals surface area contributed by atoms with Crippen LogP contribution in [0.1, 0.15) is 11.3 Å². The molecule has 86 valence electrons. The van der Waals surface area contributed by atoms with Crippen LogP contribution < -0.4 is 5.73 Å². The molecule has 0 aliphatic carbocycles. The Hall–Kier alpha value is -0.840. The predicted molar refractivity (Wildman–Crippen MR) is 61.5 cm³/mol. The van der Waals surface area contributed by atoms with Gasteiger partial charge in [0, 0.05) is 25.2 Å². The van der Waals surface area contributed by atoms with Gasteiger partial charge in [-0.15, -0.1) is 0 Å². The first-order valence-corrected chi connectivity index (χ1v) is 5.22. The number of hydrogen-bond donors (Lipinski definition) is 1. The standard InChI is InChI=1S/C11H21N3O/c1-13(2)5-6-14(3)9-11-10(8-12)4-7-15-11/h4,7H,5-6,8-9,12H2,1-3H3. The zero-order valence-electron chi connectivity index (χ0n) is 9.86. The maximum atomic E-state index is 5.61. The predicted octanol–water partition coefficient (Wildman–Crippen LogP) is 0.732. The summed E-state index contributed by atoms with van der Waals surface area (Å²) >= 11 is 0. The molecule has 0 bridgehead atoms. The third kappa shape index (κ3) is 4.03. The Morgan fingerprint density at radius 2 is 2.00 bits per heavy atom. The molecule has 2 N–H and O–H groups in total. The topological polar surface area (TPSA) is 45.6 Å². The Bertz CT molecular complexity index is 283. The van der Waals surface area contributed by atoms with Crippen LogP contribution in [0.3, 0.4) is 0 Å². The van der Waals surface area contributed by atoms with Crippen molar-refractivity contribution >= 4 is 0 Å². The maximum Gasteiger partial charge on any atom is 0.122 e. The molecule has 4 nitrogen and oxygen atoms in total. The van der Waals surface area contributed by atoms with Crippen LogP contribution in [0.25, 0.3) is 0 Å². The smallest absolute Gasteiger partial charge is 0.122 e. The molecule has 0 spiro atoms. The summed E-state index contributed by atoms with van der Waals surface area (Å²) in [6, 6.07) is 1.94. The van der Waals surface area contributed by atoms with Gasteiger partial charge in [0.2, 0.25) is 0 Å². The van der Waals surface area contributed by atoms with Crippen molar-refractivity contribution in [2.75, 3.05) is 34.2 Å². The van der Waals surface area contributed by atoms with E-state index in [1.165, 1.54) is 0 Å². The monoisotopic (exact) mass is 211 g/mol. The van der Waals surface area contributed by atoms with Crippen molar-refractivity contribution in [2.45, 2.75) is 13.1 Å². The van der Waals surface area contributed by atoms with Crippen molar-refractivity contribution < 1.29 is 4.42 Å². The van der Waals surface area contributed by atoms with Crippen LogP contribution in [-0.4, -0.2) is 44.0 Å². The van der Waals surface area contributed by atoms with Gasteiger partial charge in [0.1, 0.15) is 5.76 Å². The lowest BCUT2D eigenvalue weighted by Crippen LogP contribution is -2.28. The molecule has 0 aromatic carbocycles. The molecule has 0 atom stereocenters. The summed E-state index contributed by atoms with van der Waals surface area (Å²) in [6.07, 6.45) is 1.71. The summed E-state index contributed by atoms with van der Waals surface area (Å²) < 4.78 is 5.40. The van der Waals surface area contributed by atoms with E-state index in [0.717, 1.165) is 31.0 Å². The van der Waals surface area contributed by atoms with E-state index in [4.69, 9.17) is 10.2 Å². The van der Waals surface area contributed by atoms with Crippen molar-refractivity contribution in [3.63, 3.8) is 0 Å². The summed E-state index contributed by atoms with van der Waals surface area (Å²) in [5, 5.41) is 0. The molecule has 0 aliphatic heterocycles. The highest BCUT2D eigenvalue weighted by molar-refractivity contribution is 5.16. The Kier molecular flexibility index (Phi) is 4.81. The molecule has 0 unspecified atom stereocenters. The lowest BCUT2D eigenvalue weighted by Gasteiger charge is -2.18. The quantitative estimate of drug-likeness (QED) is 0.753. The molecule has 0 radical (unpaired) electrons. The molecule has 0 amide bonds. The van der Waals surface area contributed by atoms with Crippen molar-refractivity contribution in [3.8, 4) is 0 Å². The molecular formula is C11H21N3O. The minimum atomic E-state index is 0.549. The molecule has 1 aromatic rings. The van der Waals surface area contributed by atoms with Gasteiger partial charge in [-0.05, 0) is 27.2 Å². The SMILES string of the molecule is CN(C)CCN(C)Cc1occc1CN. The summed E-state index contributed by atoms with van der Waals surface area (Å²) in [6.45, 7) is 3.45. The fourth-order valence-electron chi connectivity index (χ4n) is 1.38. The Labute approximate surface area is 91.6 Å². The molecule has 0 saturated carbocycles. The van der Waals surface area contributed by atoms with Crippen LogP contribution in [0.5, 0.6) is 0 Å². The molecule has 15 heavy (non-hydrogen) atoms. The van der Waals surface area contributed by atoms with Gasteiger partial charge in [-0.2, -0.15) is 0 Å². The molecule has 4 heteroatoms. The highest BCUT2D eigenvalue weighted by atomic mass is 16.3. The summed E-state index contributed by atoms with van der Waals surface area (Å²) in [4.78, 5) is 4.40. The van der Waals surface area contributed by atoms with Crippen molar-refractivity contribution in [2.24, 2.45) is 5.73 Å². The van der Waals surface area contributed by atoms with Crippen LogP contribution in [0.4, 0.5) is 0 Å². The first-order chi connectivity index (χ1) is 7.13. The Morgan fingerprint density at radius 1 is 1.27 bits per heavy atom. The van der Waals surface area contributed by atoms with Gasteiger partial charge in [-0.25, -0.2) is 0 Å². The van der Waals surface area contributed by atoms with Gasteiger partial charge in [-0.3, -0.25) is 4.90 Å². The van der Waals surface area contributed by atoms with Gasteiger partial charge >= 0.3 is 0 Å². The van der Waals surface area contributed by atoms with Gasteiger partial charge in [-0.1, -0.05) is 0 Å². The first kappa shape index (κ1) is 12.2. The minimum absolute atomic E-state index is 0.549. The first-order valence-electron chi connectivity index (χ1n) is 5.22. The molecule has 1 heterocycles. The number of rotatable bonds is 6. The largest absolute Gasteiger partial charge is 0.468 e. The molecule has 0 fully saturated rings. The highest BCUT2D eigenvalue weighted by Gasteiger charge is 2.07. The summed E-state index contributed by atoms with van der Waals surface area (Å²) in [7, 11) is 6.24. The van der Waals surface area contributed by atoms with Crippen LogP contribution in [0.15, 0.2) is 16.7 Å². The van der Waals surface area contributed by atoms with Crippen LogP contribution in [-0.2, 0) is 13.1 Å². The molecular weight excluding hydrogens is 190 g/mol. The summed E-state index contributed by atoms with van der Waals surface area (Å²) in [5.41, 5.74) is 6.71. The van der Waals surface area contributed by atoms with E-state index in [1.54, 1.807) is 6.26 Å². The zero-order valence-corrected chi connectivity index (χ0v) is 9.86. The van der Waals surface area contributed by atoms with E-state index in [0.29, 0.717) is 6.54 Å². The molecule has 0 saturated heterocycles. The van der Waals surface area contributed by atoms with Gasteiger partial charge in [0.15, 0.2) is 0 Å². The number of furan rings is 1. The molecule has 1 rings (SSSR count). The second-order valence-corrected chi connectivity index (χ2v) is 4.11. The Balaban J connectivity index is 2.40. The fraction of sp³-hybridized carbons (Fsp3) is 0.636. The normalized spacial score (nSPS) is 11.6. The van der Waals surface area contributed by atoms with E-state index in [2.05, 4.69) is 30.9 Å². The lowest BCUT2D eigenvalue weighted by molar-refractivity contribution is 0.257. The molecule has 0 aliphatic rings. The lowest BCUT2D eigenvalue weighted by atomic mass is 10.2. The zero-order chi connectivity index (χ0) is 11.3. The highest BCUT2D eigenvalue weighted by Crippen LogP contribution is 2.11. The van der Waals surface area contributed by atoms with Crippen molar-refractivity contribution in [1.29, 1.82) is 0 Å². The number of nitrogens with zero attached hydrogens (tertiary/aromatic N) is 2. The van der Waals surface area contributed by atoms with E-state index in [1.807, 2.05) is 6.07 Å². The van der Waals surface area contributed by atoms with Crippen LogP contribution in [0.2, 0.25) is 0 Å². The van der Waals surface area contributed by atoms with E-state index < -0.39 is 0 Å². The average Bonchev–Trinajstić information content (AvgIpc) is 2.62. The molecule has 1 aromatic heterocycles. The van der Waals surface area contributed by atoms with E-state index in [9.17, 15) is 0 Å². The van der Waals surface area contributed by atoms with Gasteiger partial charge in [0.25, 0.3) is 0 Å². The third-order valence-electron chi connectivity index (χ3n) is 2.40. The van der Waals surface area contributed by atoms with Crippen molar-refractivity contribution in [1.82, 2.24) is 9.80 Å². The maximum absolute atomic E-state index is 5.61. The summed E-state index contributed by atoms with van der Waals surface area (Å²) in [5.74, 6) is 0.985. The van der Waals surface area contributed by atoms with Crippen LogP contribution >= 0.6 is 0 Å². The number of hydrogen-bond acceptors (Lipinski definition) is 4. The number of nitrogens with two attached hydrogens (primary N) is 1. The van der Waals surface area contributed by atoms with E-state index in [-0.39, 0.29) is 0 Å².